The van der Waals surface area contributed by atoms with Gasteiger partial charge < -0.3 is 27.4 Å². The third-order valence-corrected chi connectivity index (χ3v) is 4.21. The first kappa shape index (κ1) is 14.5. The first-order valence-electron chi connectivity index (χ1n) is 6.30. The number of amides is 2. The van der Waals surface area contributed by atoms with Gasteiger partial charge in [0, 0.05) is 19.1 Å². The molecule has 2 heterocycles. The van der Waals surface area contributed by atoms with Crippen molar-refractivity contribution in [2.75, 3.05) is 30.3 Å². The van der Waals surface area contributed by atoms with E-state index in [1.807, 2.05) is 0 Å². The maximum Gasteiger partial charge on any atom is 0.265 e. The third kappa shape index (κ3) is 3.36. The summed E-state index contributed by atoms with van der Waals surface area (Å²) < 4.78 is 0. The Labute approximate surface area is 120 Å². The highest BCUT2D eigenvalue weighted by atomic mass is 32.1. The summed E-state index contributed by atoms with van der Waals surface area (Å²) in [4.78, 5) is 29.1. The maximum atomic E-state index is 11.9. The number of rotatable bonds is 4. The number of carbonyl (C=O) groups is 2. The van der Waals surface area contributed by atoms with Crippen molar-refractivity contribution in [3.63, 3.8) is 0 Å². The lowest BCUT2D eigenvalue weighted by atomic mass is 10.1. The largest absolute Gasteiger partial charge is 0.382 e. The van der Waals surface area contributed by atoms with Gasteiger partial charge in [-0.1, -0.05) is 11.3 Å². The van der Waals surface area contributed by atoms with E-state index >= 15 is 0 Å². The number of hydrogen-bond acceptors (Lipinski definition) is 7. The summed E-state index contributed by atoms with van der Waals surface area (Å²) in [5, 5.41) is 3.11. The molecule has 0 unspecified atom stereocenters. The van der Waals surface area contributed by atoms with E-state index in [0.29, 0.717) is 10.0 Å². The molecule has 0 radical (unpaired) electrons. The Morgan fingerprint density at radius 1 is 1.40 bits per heavy atom. The van der Waals surface area contributed by atoms with Crippen molar-refractivity contribution in [3.8, 4) is 0 Å². The number of hydrogen-bond donors (Lipinski definition) is 4. The molecule has 1 aliphatic heterocycles. The molecule has 20 heavy (non-hydrogen) atoms. The number of carbonyl (C=O) groups excluding carboxylic acids is 2. The van der Waals surface area contributed by atoms with Crippen LogP contribution in [-0.2, 0) is 4.79 Å². The molecule has 8 nitrogen and oxygen atoms in total. The lowest BCUT2D eigenvalue weighted by Gasteiger charge is -2.29. The second-order valence-corrected chi connectivity index (χ2v) is 5.66. The maximum absolute atomic E-state index is 11.9. The van der Waals surface area contributed by atoms with E-state index in [1.165, 1.54) is 11.3 Å². The molecule has 0 bridgehead atoms. The number of piperidine rings is 1. The molecule has 110 valence electrons. The Kier molecular flexibility index (Phi) is 4.40. The van der Waals surface area contributed by atoms with E-state index in [9.17, 15) is 9.59 Å². The van der Waals surface area contributed by atoms with Gasteiger partial charge >= 0.3 is 0 Å². The van der Waals surface area contributed by atoms with Crippen molar-refractivity contribution in [2.24, 2.45) is 11.5 Å². The summed E-state index contributed by atoms with van der Waals surface area (Å²) in [5.41, 5.74) is 16.6. The van der Waals surface area contributed by atoms with Crippen LogP contribution in [-0.4, -0.2) is 42.5 Å². The summed E-state index contributed by atoms with van der Waals surface area (Å²) >= 11 is 1.21. The van der Waals surface area contributed by atoms with Gasteiger partial charge in [0.2, 0.25) is 5.91 Å². The zero-order valence-corrected chi connectivity index (χ0v) is 11.8. The average molecular weight is 298 g/mol. The van der Waals surface area contributed by atoms with Crippen LogP contribution in [0.4, 0.5) is 10.9 Å². The summed E-state index contributed by atoms with van der Waals surface area (Å²) in [6.07, 6.45) is 1.78. The van der Waals surface area contributed by atoms with Crippen molar-refractivity contribution in [2.45, 2.75) is 18.9 Å². The fourth-order valence-electron chi connectivity index (χ4n) is 1.96. The molecule has 0 spiro atoms. The number of nitrogens with one attached hydrogen (secondary N) is 1. The first-order valence-corrected chi connectivity index (χ1v) is 7.12. The number of anilines is 2. The zero-order chi connectivity index (χ0) is 14.7. The number of nitrogen functional groups attached to an aromatic ring is 1. The number of thiazole rings is 1. The second-order valence-electron chi connectivity index (χ2n) is 4.68. The van der Waals surface area contributed by atoms with Crippen LogP contribution in [0, 0.1) is 0 Å². The van der Waals surface area contributed by atoms with Gasteiger partial charge in [0.25, 0.3) is 5.91 Å². The minimum atomic E-state index is -0.605. The summed E-state index contributed by atoms with van der Waals surface area (Å²) in [6.45, 7) is 1.39. The van der Waals surface area contributed by atoms with Crippen LogP contribution < -0.4 is 27.4 Å². The fraction of sp³-hybridized carbons (Fsp3) is 0.545. The topological polar surface area (TPSA) is 140 Å². The molecule has 2 rings (SSSR count). The van der Waals surface area contributed by atoms with Gasteiger partial charge in [-0.05, 0) is 12.8 Å². The molecule has 9 heteroatoms. The van der Waals surface area contributed by atoms with Crippen LogP contribution in [0.15, 0.2) is 0 Å². The van der Waals surface area contributed by atoms with Crippen molar-refractivity contribution in [1.82, 2.24) is 10.3 Å². The molecule has 1 saturated heterocycles. The minimum absolute atomic E-state index is 0.168. The van der Waals surface area contributed by atoms with Gasteiger partial charge in [-0.2, -0.15) is 0 Å². The molecule has 2 amide bonds. The predicted octanol–water partition coefficient (Wildman–Crippen LogP) is -1.13. The molecule has 1 aliphatic rings. The van der Waals surface area contributed by atoms with Crippen LogP contribution in [0.5, 0.6) is 0 Å². The lowest BCUT2D eigenvalue weighted by Crippen LogP contribution is -2.39. The van der Waals surface area contributed by atoms with Gasteiger partial charge in [-0.25, -0.2) is 4.98 Å². The van der Waals surface area contributed by atoms with Gasteiger partial charge in [0.15, 0.2) is 5.13 Å². The molecule has 1 aromatic heterocycles. The highest BCUT2D eigenvalue weighted by Gasteiger charge is 2.22. The first-order chi connectivity index (χ1) is 9.47. The van der Waals surface area contributed by atoms with E-state index in [0.717, 1.165) is 25.9 Å². The van der Waals surface area contributed by atoms with Crippen LogP contribution in [0.1, 0.15) is 22.5 Å². The monoisotopic (exact) mass is 298 g/mol. The predicted molar refractivity (Wildman–Crippen MR) is 77.5 cm³/mol. The molecule has 1 fully saturated rings. The van der Waals surface area contributed by atoms with Gasteiger partial charge in [0.1, 0.15) is 10.7 Å². The van der Waals surface area contributed by atoms with Crippen LogP contribution >= 0.6 is 11.3 Å². The quantitative estimate of drug-likeness (QED) is 0.554. The van der Waals surface area contributed by atoms with Crippen LogP contribution in [0.3, 0.4) is 0 Å². The van der Waals surface area contributed by atoms with Crippen molar-refractivity contribution in [1.29, 1.82) is 0 Å². The highest BCUT2D eigenvalue weighted by molar-refractivity contribution is 7.18. The smallest absolute Gasteiger partial charge is 0.265 e. The van der Waals surface area contributed by atoms with Crippen LogP contribution in [0.2, 0.25) is 0 Å². The van der Waals surface area contributed by atoms with Crippen molar-refractivity contribution >= 4 is 34.1 Å². The SMILES string of the molecule is NC(=O)CNC(=O)c1sc(N2CCC(N)CC2)nc1N. The summed E-state index contributed by atoms with van der Waals surface area (Å²) in [7, 11) is 0. The molecular weight excluding hydrogens is 280 g/mol. The number of aromatic nitrogens is 1. The number of primary amides is 1. The van der Waals surface area contributed by atoms with E-state index in [1.54, 1.807) is 0 Å². The van der Waals surface area contributed by atoms with Gasteiger partial charge in [0.05, 0.1) is 6.54 Å². The zero-order valence-electron chi connectivity index (χ0n) is 11.0. The molecule has 1 aromatic rings. The highest BCUT2D eigenvalue weighted by Crippen LogP contribution is 2.29. The Balaban J connectivity index is 2.05. The van der Waals surface area contributed by atoms with Crippen LogP contribution in [0.25, 0.3) is 0 Å². The normalized spacial score (nSPS) is 16.1. The Morgan fingerprint density at radius 3 is 2.65 bits per heavy atom. The third-order valence-electron chi connectivity index (χ3n) is 3.08. The minimum Gasteiger partial charge on any atom is -0.382 e. The van der Waals surface area contributed by atoms with Gasteiger partial charge in [-0.15, -0.1) is 0 Å². The Hall–Kier alpha value is -1.87. The van der Waals surface area contributed by atoms with E-state index in [-0.39, 0.29) is 18.4 Å². The van der Waals surface area contributed by atoms with E-state index < -0.39 is 11.8 Å². The molecule has 7 N–H and O–H groups in total. The second kappa shape index (κ2) is 6.06. The van der Waals surface area contributed by atoms with Crippen molar-refractivity contribution < 1.29 is 9.59 Å². The fourth-order valence-corrected chi connectivity index (χ4v) is 2.91. The summed E-state index contributed by atoms with van der Waals surface area (Å²) in [6, 6.07) is 0.224. The molecular formula is C11H18N6O2S. The Morgan fingerprint density at radius 2 is 2.05 bits per heavy atom. The molecule has 0 saturated carbocycles. The van der Waals surface area contributed by atoms with E-state index in [2.05, 4.69) is 15.2 Å². The van der Waals surface area contributed by atoms with Crippen molar-refractivity contribution in [3.05, 3.63) is 4.88 Å². The summed E-state index contributed by atoms with van der Waals surface area (Å²) in [5.74, 6) is -0.868. The Bertz CT molecular complexity index is 509. The lowest BCUT2D eigenvalue weighted by molar-refractivity contribution is -0.117. The standard InChI is InChI=1S/C11H18N6O2S/c12-6-1-3-17(4-2-6)11-16-9(14)8(20-11)10(19)15-5-7(13)18/h6H,1-5,12,14H2,(H2,13,18)(H,15,19). The molecule has 0 aliphatic carbocycles. The van der Waals surface area contributed by atoms with Gasteiger partial charge in [-0.3, -0.25) is 9.59 Å². The molecule has 0 atom stereocenters. The average Bonchev–Trinajstić information content (AvgIpc) is 2.79. The molecule has 0 aromatic carbocycles. The number of nitrogens with two attached hydrogens (primary N) is 3. The number of nitrogens with zero attached hydrogens (tertiary/aromatic N) is 2. The van der Waals surface area contributed by atoms with E-state index in [4.69, 9.17) is 17.2 Å².